The smallest absolute Gasteiger partial charge is 0.417 e. The van der Waals surface area contributed by atoms with Crippen molar-refractivity contribution >= 4 is 8.60 Å². The van der Waals surface area contributed by atoms with Gasteiger partial charge in [0.25, 0.3) is 0 Å². The summed E-state index contributed by atoms with van der Waals surface area (Å²) in [6, 6.07) is 12.5. The van der Waals surface area contributed by atoms with E-state index in [9.17, 15) is 0 Å². The average molecular weight is 403 g/mol. The van der Waals surface area contributed by atoms with Crippen LogP contribution in [0.3, 0.4) is 0 Å². The molecule has 3 nitrogen and oxygen atoms in total. The Morgan fingerprint density at radius 1 is 0.714 bits per heavy atom. The normalized spacial score (nSPS) is 12.4. The maximum atomic E-state index is 6.39. The molecule has 0 fully saturated rings. The molecule has 0 atom stereocenters. The van der Waals surface area contributed by atoms with Crippen LogP contribution in [-0.4, -0.2) is 6.61 Å². The van der Waals surface area contributed by atoms with Gasteiger partial charge in [-0.1, -0.05) is 77.9 Å². The molecule has 2 aromatic carbocycles. The van der Waals surface area contributed by atoms with Crippen molar-refractivity contribution in [3.05, 3.63) is 58.7 Å². The zero-order valence-corrected chi connectivity index (χ0v) is 19.7. The van der Waals surface area contributed by atoms with Crippen molar-refractivity contribution in [1.29, 1.82) is 0 Å². The molecular formula is C24H35O3P. The van der Waals surface area contributed by atoms with Crippen LogP contribution in [0.5, 0.6) is 11.5 Å². The van der Waals surface area contributed by atoms with Gasteiger partial charge in [0.05, 0.1) is 6.61 Å². The topological polar surface area (TPSA) is 27.7 Å². The Morgan fingerprint density at radius 2 is 1.11 bits per heavy atom. The lowest BCUT2D eigenvalue weighted by Gasteiger charge is -2.28. The van der Waals surface area contributed by atoms with E-state index in [1.807, 2.05) is 6.92 Å². The van der Waals surface area contributed by atoms with Crippen molar-refractivity contribution in [2.24, 2.45) is 0 Å². The van der Waals surface area contributed by atoms with Crippen LogP contribution in [-0.2, 0) is 15.4 Å². The molecule has 0 N–H and O–H groups in total. The number of para-hydroxylation sites is 2. The van der Waals surface area contributed by atoms with Crippen LogP contribution in [0.2, 0.25) is 0 Å². The quantitative estimate of drug-likeness (QED) is 0.465. The molecule has 0 unspecified atom stereocenters. The minimum absolute atomic E-state index is 0.0339. The predicted octanol–water partition coefficient (Wildman–Crippen LogP) is 7.62. The van der Waals surface area contributed by atoms with Crippen LogP contribution >= 0.6 is 8.60 Å². The maximum absolute atomic E-state index is 6.39. The van der Waals surface area contributed by atoms with Gasteiger partial charge in [-0.15, -0.1) is 0 Å². The SMILES string of the molecule is CCOP(Oc1c(C)cccc1C(C)(C)C)Oc1c(C)cccc1C(C)(C)C. The second kappa shape index (κ2) is 8.84. The zero-order chi connectivity index (χ0) is 21.1. The highest BCUT2D eigenvalue weighted by Crippen LogP contribution is 2.48. The minimum atomic E-state index is -1.57. The standard InChI is InChI=1S/C24H35O3P/c1-10-25-28(26-21-17(2)13-11-15-19(21)23(4,5)6)27-22-18(3)14-12-16-20(22)24(7,8)9/h11-16H,10H2,1-9H3. The van der Waals surface area contributed by atoms with Gasteiger partial charge in [-0.05, 0) is 42.7 Å². The van der Waals surface area contributed by atoms with Crippen molar-refractivity contribution in [1.82, 2.24) is 0 Å². The number of benzene rings is 2. The summed E-state index contributed by atoms with van der Waals surface area (Å²) in [6.07, 6.45) is 0. The first-order chi connectivity index (χ1) is 12.9. The first-order valence-corrected chi connectivity index (χ1v) is 11.0. The highest BCUT2D eigenvalue weighted by molar-refractivity contribution is 7.42. The van der Waals surface area contributed by atoms with Gasteiger partial charge in [0.1, 0.15) is 11.5 Å². The summed E-state index contributed by atoms with van der Waals surface area (Å²) in [6.45, 7) is 19.8. The molecule has 0 heterocycles. The van der Waals surface area contributed by atoms with Gasteiger partial charge in [0.15, 0.2) is 0 Å². The molecule has 28 heavy (non-hydrogen) atoms. The summed E-state index contributed by atoms with van der Waals surface area (Å²) in [4.78, 5) is 0. The number of aryl methyl sites for hydroxylation is 2. The van der Waals surface area contributed by atoms with E-state index < -0.39 is 8.60 Å². The van der Waals surface area contributed by atoms with Crippen molar-refractivity contribution in [2.75, 3.05) is 6.61 Å². The Hall–Kier alpha value is -1.57. The fraction of sp³-hybridized carbons (Fsp3) is 0.500. The van der Waals surface area contributed by atoms with Gasteiger partial charge in [-0.3, -0.25) is 4.52 Å². The van der Waals surface area contributed by atoms with E-state index in [4.69, 9.17) is 13.6 Å². The van der Waals surface area contributed by atoms with Gasteiger partial charge in [0, 0.05) is 11.1 Å². The lowest BCUT2D eigenvalue weighted by Crippen LogP contribution is -2.16. The second-order valence-corrected chi connectivity index (χ2v) is 10.3. The molecule has 0 spiro atoms. The molecule has 0 aliphatic carbocycles. The van der Waals surface area contributed by atoms with Crippen molar-refractivity contribution < 1.29 is 13.6 Å². The zero-order valence-electron chi connectivity index (χ0n) is 18.8. The number of hydrogen-bond acceptors (Lipinski definition) is 3. The van der Waals surface area contributed by atoms with E-state index in [1.54, 1.807) is 0 Å². The van der Waals surface area contributed by atoms with E-state index in [0.29, 0.717) is 6.61 Å². The first-order valence-electron chi connectivity index (χ1n) is 9.94. The van der Waals surface area contributed by atoms with Crippen LogP contribution in [0.15, 0.2) is 36.4 Å². The third-order valence-electron chi connectivity index (χ3n) is 4.61. The summed E-state index contributed by atoms with van der Waals surface area (Å²) in [5, 5.41) is 0. The molecule has 0 amide bonds. The molecule has 0 aromatic heterocycles. The molecule has 4 heteroatoms. The third kappa shape index (κ3) is 5.49. The molecule has 0 radical (unpaired) electrons. The second-order valence-electron chi connectivity index (χ2n) is 9.23. The van der Waals surface area contributed by atoms with E-state index in [0.717, 1.165) is 33.8 Å². The fourth-order valence-electron chi connectivity index (χ4n) is 3.05. The Labute approximate surface area is 172 Å². The predicted molar refractivity (Wildman–Crippen MR) is 120 cm³/mol. The molecular weight excluding hydrogens is 367 g/mol. The molecule has 0 aliphatic rings. The molecule has 2 rings (SSSR count). The summed E-state index contributed by atoms with van der Waals surface area (Å²) < 4.78 is 18.7. The number of hydrogen-bond donors (Lipinski definition) is 0. The Kier molecular flexibility index (Phi) is 7.17. The van der Waals surface area contributed by atoms with Crippen LogP contribution in [0, 0.1) is 13.8 Å². The molecule has 2 aromatic rings. The minimum Gasteiger partial charge on any atom is -0.417 e. The van der Waals surface area contributed by atoms with Crippen molar-refractivity contribution in [3.8, 4) is 11.5 Å². The monoisotopic (exact) mass is 402 g/mol. The van der Waals surface area contributed by atoms with Crippen LogP contribution in [0.1, 0.15) is 70.7 Å². The largest absolute Gasteiger partial charge is 0.463 e. The Bertz CT molecular complexity index is 735. The van der Waals surface area contributed by atoms with Gasteiger partial charge < -0.3 is 9.05 Å². The van der Waals surface area contributed by atoms with Gasteiger partial charge in [0.2, 0.25) is 0 Å². The molecule has 0 aliphatic heterocycles. The van der Waals surface area contributed by atoms with Gasteiger partial charge in [-0.2, -0.15) is 0 Å². The van der Waals surface area contributed by atoms with Gasteiger partial charge >= 0.3 is 8.60 Å². The molecule has 0 saturated heterocycles. The summed E-state index contributed by atoms with van der Waals surface area (Å²) in [7, 11) is -1.57. The van der Waals surface area contributed by atoms with E-state index >= 15 is 0 Å². The molecule has 0 bridgehead atoms. The van der Waals surface area contributed by atoms with Gasteiger partial charge in [-0.25, -0.2) is 0 Å². The number of rotatable bonds is 6. The lowest BCUT2D eigenvalue weighted by molar-refractivity contribution is 0.276. The summed E-state index contributed by atoms with van der Waals surface area (Å²) >= 11 is 0. The van der Waals surface area contributed by atoms with Crippen LogP contribution < -0.4 is 9.05 Å². The highest BCUT2D eigenvalue weighted by atomic mass is 31.2. The van der Waals surface area contributed by atoms with E-state index in [2.05, 4.69) is 91.8 Å². The fourth-order valence-corrected chi connectivity index (χ4v) is 4.19. The maximum Gasteiger partial charge on any atom is 0.463 e. The lowest BCUT2D eigenvalue weighted by atomic mass is 9.85. The molecule has 0 saturated carbocycles. The first kappa shape index (κ1) is 22.7. The van der Waals surface area contributed by atoms with Crippen LogP contribution in [0.4, 0.5) is 0 Å². The van der Waals surface area contributed by atoms with Crippen molar-refractivity contribution in [3.63, 3.8) is 0 Å². The Balaban J connectivity index is 2.43. The summed E-state index contributed by atoms with van der Waals surface area (Å²) in [5.41, 5.74) is 4.42. The Morgan fingerprint density at radius 3 is 1.43 bits per heavy atom. The average Bonchev–Trinajstić information content (AvgIpc) is 2.56. The molecule has 154 valence electrons. The van der Waals surface area contributed by atoms with Crippen LogP contribution in [0.25, 0.3) is 0 Å². The van der Waals surface area contributed by atoms with E-state index in [-0.39, 0.29) is 10.8 Å². The highest BCUT2D eigenvalue weighted by Gasteiger charge is 2.28. The third-order valence-corrected chi connectivity index (χ3v) is 5.74. The van der Waals surface area contributed by atoms with E-state index in [1.165, 1.54) is 0 Å². The summed E-state index contributed by atoms with van der Waals surface area (Å²) in [5.74, 6) is 1.72. The van der Waals surface area contributed by atoms with Crippen molar-refractivity contribution in [2.45, 2.75) is 73.1 Å².